The highest BCUT2D eigenvalue weighted by Crippen LogP contribution is 2.28. The molecule has 1 unspecified atom stereocenters. The minimum atomic E-state index is -0.719. The Morgan fingerprint density at radius 1 is 1.03 bits per heavy atom. The Bertz CT molecular complexity index is 924. The number of hydrogen-bond donors (Lipinski definition) is 1. The standard InChI is InChI=1S/C22H24Cl4N2O3/c1-3-4-9-27-22(30)14(2)28(12-15-5-7-17(24)18(25)10-15)21(29)13-31-20-8-6-16(23)11-19(20)26/h5-8,10-11,14H,3-4,9,12-13H2,1-2H3,(H,27,30). The van der Waals surface area contributed by atoms with E-state index in [4.69, 9.17) is 51.1 Å². The molecule has 0 spiro atoms. The summed E-state index contributed by atoms with van der Waals surface area (Å²) in [6, 6.07) is 9.09. The molecule has 0 bridgehead atoms. The van der Waals surface area contributed by atoms with Gasteiger partial charge in [-0.05, 0) is 49.2 Å². The fourth-order valence-electron chi connectivity index (χ4n) is 2.77. The summed E-state index contributed by atoms with van der Waals surface area (Å²) < 4.78 is 5.58. The molecule has 0 aliphatic carbocycles. The van der Waals surface area contributed by atoms with Crippen molar-refractivity contribution in [2.75, 3.05) is 13.2 Å². The Kier molecular flexibility index (Phi) is 10.2. The van der Waals surface area contributed by atoms with Crippen LogP contribution in [-0.2, 0) is 16.1 Å². The van der Waals surface area contributed by atoms with Gasteiger partial charge >= 0.3 is 0 Å². The van der Waals surface area contributed by atoms with Crippen LogP contribution in [0.4, 0.5) is 0 Å². The van der Waals surface area contributed by atoms with Crippen molar-refractivity contribution >= 4 is 58.2 Å². The summed E-state index contributed by atoms with van der Waals surface area (Å²) >= 11 is 24.1. The fourth-order valence-corrected chi connectivity index (χ4v) is 3.55. The largest absolute Gasteiger partial charge is 0.482 e. The average molecular weight is 506 g/mol. The van der Waals surface area contributed by atoms with Crippen LogP contribution in [0.25, 0.3) is 0 Å². The van der Waals surface area contributed by atoms with E-state index in [-0.39, 0.29) is 25.0 Å². The highest BCUT2D eigenvalue weighted by atomic mass is 35.5. The monoisotopic (exact) mass is 504 g/mol. The molecule has 2 rings (SSSR count). The van der Waals surface area contributed by atoms with Crippen molar-refractivity contribution in [1.29, 1.82) is 0 Å². The van der Waals surface area contributed by atoms with Gasteiger partial charge in [-0.2, -0.15) is 0 Å². The Labute approximate surface area is 202 Å². The predicted octanol–water partition coefficient (Wildman–Crippen LogP) is 6.01. The first-order chi connectivity index (χ1) is 14.7. The van der Waals surface area contributed by atoms with Crippen LogP contribution >= 0.6 is 46.4 Å². The predicted molar refractivity (Wildman–Crippen MR) is 126 cm³/mol. The molecule has 0 aliphatic heterocycles. The maximum Gasteiger partial charge on any atom is 0.261 e. The number of nitrogens with zero attached hydrogens (tertiary/aromatic N) is 1. The minimum Gasteiger partial charge on any atom is -0.482 e. The van der Waals surface area contributed by atoms with E-state index in [0.717, 1.165) is 18.4 Å². The van der Waals surface area contributed by atoms with E-state index < -0.39 is 6.04 Å². The Balaban J connectivity index is 2.17. The van der Waals surface area contributed by atoms with E-state index in [2.05, 4.69) is 5.32 Å². The highest BCUT2D eigenvalue weighted by Gasteiger charge is 2.26. The normalized spacial score (nSPS) is 11.7. The number of carbonyl (C=O) groups excluding carboxylic acids is 2. The van der Waals surface area contributed by atoms with Gasteiger partial charge in [0.05, 0.1) is 15.1 Å². The third kappa shape index (κ3) is 7.76. The van der Waals surface area contributed by atoms with Crippen molar-refractivity contribution < 1.29 is 14.3 Å². The molecule has 2 aromatic rings. The van der Waals surface area contributed by atoms with Crippen LogP contribution in [0.5, 0.6) is 5.75 Å². The molecule has 0 aromatic heterocycles. The molecule has 9 heteroatoms. The third-order valence-electron chi connectivity index (χ3n) is 4.58. The van der Waals surface area contributed by atoms with Gasteiger partial charge < -0.3 is 15.0 Å². The molecule has 0 fully saturated rings. The molecular formula is C22H24Cl4N2O3. The number of halogens is 4. The van der Waals surface area contributed by atoms with Gasteiger partial charge in [0.15, 0.2) is 6.61 Å². The van der Waals surface area contributed by atoms with E-state index in [9.17, 15) is 9.59 Å². The van der Waals surface area contributed by atoms with Crippen LogP contribution in [0.2, 0.25) is 20.1 Å². The quantitative estimate of drug-likeness (QED) is 0.402. The molecule has 0 heterocycles. The lowest BCUT2D eigenvalue weighted by Crippen LogP contribution is -2.49. The van der Waals surface area contributed by atoms with Gasteiger partial charge in [-0.3, -0.25) is 9.59 Å². The number of unbranched alkanes of at least 4 members (excludes halogenated alkanes) is 1. The number of carbonyl (C=O) groups is 2. The molecule has 2 amide bonds. The summed E-state index contributed by atoms with van der Waals surface area (Å²) in [5.74, 6) is -0.296. The van der Waals surface area contributed by atoms with Crippen LogP contribution < -0.4 is 10.1 Å². The third-order valence-corrected chi connectivity index (χ3v) is 5.85. The summed E-state index contributed by atoms with van der Waals surface area (Å²) in [5, 5.41) is 4.39. The molecule has 168 valence electrons. The Morgan fingerprint density at radius 3 is 2.42 bits per heavy atom. The second kappa shape index (κ2) is 12.4. The number of rotatable bonds is 10. The molecule has 2 aromatic carbocycles. The van der Waals surface area contributed by atoms with E-state index in [1.165, 1.54) is 11.0 Å². The van der Waals surface area contributed by atoms with Crippen molar-refractivity contribution in [3.63, 3.8) is 0 Å². The van der Waals surface area contributed by atoms with Crippen molar-refractivity contribution in [3.8, 4) is 5.75 Å². The minimum absolute atomic E-state index is 0.162. The lowest BCUT2D eigenvalue weighted by atomic mass is 10.1. The first kappa shape index (κ1) is 25.6. The summed E-state index contributed by atoms with van der Waals surface area (Å²) in [6.07, 6.45) is 1.81. The molecule has 5 nitrogen and oxygen atoms in total. The van der Waals surface area contributed by atoms with Crippen molar-refractivity contribution in [2.24, 2.45) is 0 Å². The molecular weight excluding hydrogens is 482 g/mol. The van der Waals surface area contributed by atoms with Crippen LogP contribution in [0.3, 0.4) is 0 Å². The number of amides is 2. The Hall–Kier alpha value is -1.66. The van der Waals surface area contributed by atoms with Gasteiger partial charge in [-0.1, -0.05) is 65.8 Å². The van der Waals surface area contributed by atoms with E-state index in [1.54, 1.807) is 37.3 Å². The van der Waals surface area contributed by atoms with Gasteiger partial charge in [0.1, 0.15) is 11.8 Å². The second-order valence-corrected chi connectivity index (χ2v) is 8.61. The van der Waals surface area contributed by atoms with Crippen molar-refractivity contribution in [2.45, 2.75) is 39.3 Å². The summed E-state index contributed by atoms with van der Waals surface area (Å²) in [5.41, 5.74) is 0.737. The molecule has 0 saturated heterocycles. The lowest BCUT2D eigenvalue weighted by Gasteiger charge is -2.29. The number of benzene rings is 2. The number of nitrogens with one attached hydrogen (secondary N) is 1. The first-order valence-corrected chi connectivity index (χ1v) is 11.3. The van der Waals surface area contributed by atoms with Gasteiger partial charge in [0.25, 0.3) is 5.91 Å². The van der Waals surface area contributed by atoms with Crippen LogP contribution in [0.1, 0.15) is 32.3 Å². The number of hydrogen-bond acceptors (Lipinski definition) is 3. The summed E-state index contributed by atoms with van der Waals surface area (Å²) in [4.78, 5) is 27.1. The SMILES string of the molecule is CCCCNC(=O)C(C)N(Cc1ccc(Cl)c(Cl)c1)C(=O)COc1ccc(Cl)cc1Cl. The second-order valence-electron chi connectivity index (χ2n) is 6.95. The average Bonchev–Trinajstić information content (AvgIpc) is 2.73. The highest BCUT2D eigenvalue weighted by molar-refractivity contribution is 6.42. The Morgan fingerprint density at radius 2 is 1.77 bits per heavy atom. The smallest absolute Gasteiger partial charge is 0.261 e. The zero-order valence-electron chi connectivity index (χ0n) is 17.3. The van der Waals surface area contributed by atoms with Gasteiger partial charge in [-0.25, -0.2) is 0 Å². The molecule has 31 heavy (non-hydrogen) atoms. The topological polar surface area (TPSA) is 58.6 Å². The van der Waals surface area contributed by atoms with Crippen LogP contribution in [0.15, 0.2) is 36.4 Å². The fraction of sp³-hybridized carbons (Fsp3) is 0.364. The van der Waals surface area contributed by atoms with Gasteiger partial charge in [0.2, 0.25) is 5.91 Å². The van der Waals surface area contributed by atoms with Gasteiger partial charge in [0, 0.05) is 18.1 Å². The number of ether oxygens (including phenoxy) is 1. The van der Waals surface area contributed by atoms with Crippen molar-refractivity contribution in [3.05, 3.63) is 62.1 Å². The van der Waals surface area contributed by atoms with Crippen LogP contribution in [-0.4, -0.2) is 35.9 Å². The van der Waals surface area contributed by atoms with E-state index in [1.807, 2.05) is 6.92 Å². The summed E-state index contributed by atoms with van der Waals surface area (Å²) in [6.45, 7) is 4.12. The van der Waals surface area contributed by atoms with E-state index in [0.29, 0.717) is 32.4 Å². The summed E-state index contributed by atoms with van der Waals surface area (Å²) in [7, 11) is 0. The maximum atomic E-state index is 13.0. The molecule has 0 radical (unpaired) electrons. The zero-order chi connectivity index (χ0) is 23.0. The maximum absolute atomic E-state index is 13.0. The molecule has 0 saturated carbocycles. The zero-order valence-corrected chi connectivity index (χ0v) is 20.3. The van der Waals surface area contributed by atoms with Crippen LogP contribution in [0, 0.1) is 0 Å². The molecule has 0 aliphatic rings. The molecule has 1 N–H and O–H groups in total. The lowest BCUT2D eigenvalue weighted by molar-refractivity contribution is -0.142. The van der Waals surface area contributed by atoms with Gasteiger partial charge in [-0.15, -0.1) is 0 Å². The van der Waals surface area contributed by atoms with Crippen molar-refractivity contribution in [1.82, 2.24) is 10.2 Å². The first-order valence-electron chi connectivity index (χ1n) is 9.81. The van der Waals surface area contributed by atoms with E-state index >= 15 is 0 Å². The molecule has 1 atom stereocenters.